The van der Waals surface area contributed by atoms with Crippen molar-refractivity contribution in [3.63, 3.8) is 0 Å². The number of fused-ring (bicyclic) bond motifs is 1. The maximum absolute atomic E-state index is 12.1. The Bertz CT molecular complexity index is 506. The quantitative estimate of drug-likeness (QED) is 0.853. The minimum Gasteiger partial charge on any atom is -0.378 e. The highest BCUT2D eigenvalue weighted by Crippen LogP contribution is 2.35. The van der Waals surface area contributed by atoms with E-state index in [1.54, 1.807) is 0 Å². The van der Waals surface area contributed by atoms with Crippen LogP contribution in [0.3, 0.4) is 0 Å². The lowest BCUT2D eigenvalue weighted by Crippen LogP contribution is -2.44. The lowest BCUT2D eigenvalue weighted by atomic mass is 10.1. The van der Waals surface area contributed by atoms with Crippen molar-refractivity contribution in [3.8, 4) is 0 Å². The second-order valence-electron chi connectivity index (χ2n) is 5.40. The Morgan fingerprint density at radius 1 is 1.48 bits per heavy atom. The molecule has 0 aromatic heterocycles. The van der Waals surface area contributed by atoms with E-state index in [1.807, 2.05) is 6.07 Å². The summed E-state index contributed by atoms with van der Waals surface area (Å²) in [6.45, 7) is 2.19. The summed E-state index contributed by atoms with van der Waals surface area (Å²) in [6.07, 6.45) is 2.49. The van der Waals surface area contributed by atoms with Gasteiger partial charge in [0, 0.05) is 23.5 Å². The van der Waals surface area contributed by atoms with Gasteiger partial charge < -0.3 is 15.4 Å². The van der Waals surface area contributed by atoms with Crippen molar-refractivity contribution < 1.29 is 9.53 Å². The van der Waals surface area contributed by atoms with E-state index in [0.717, 1.165) is 30.5 Å². The number of hydrogen-bond donors (Lipinski definition) is 2. The summed E-state index contributed by atoms with van der Waals surface area (Å²) in [5, 5.41) is 6.46. The second kappa shape index (κ2) is 7.58. The molecule has 6 heteroatoms. The van der Waals surface area contributed by atoms with Crippen LogP contribution in [0.2, 0.25) is 0 Å². The van der Waals surface area contributed by atoms with Gasteiger partial charge in [-0.05, 0) is 30.0 Å². The molecule has 1 aromatic rings. The highest BCUT2D eigenvalue weighted by molar-refractivity contribution is 9.10. The summed E-state index contributed by atoms with van der Waals surface area (Å²) in [6, 6.07) is 6.50. The zero-order chi connectivity index (χ0) is 13.9. The van der Waals surface area contributed by atoms with E-state index < -0.39 is 0 Å². The summed E-state index contributed by atoms with van der Waals surface area (Å²) >= 11 is 3.58. The maximum Gasteiger partial charge on any atom is 0.222 e. The van der Waals surface area contributed by atoms with Crippen LogP contribution in [0.4, 0.5) is 0 Å². The Balaban J connectivity index is 0.00000161. The van der Waals surface area contributed by atoms with E-state index in [9.17, 15) is 4.79 Å². The van der Waals surface area contributed by atoms with Crippen LogP contribution in [0.25, 0.3) is 0 Å². The maximum atomic E-state index is 12.1. The first-order chi connectivity index (χ1) is 9.74. The van der Waals surface area contributed by atoms with Crippen molar-refractivity contribution in [2.75, 3.05) is 19.8 Å². The zero-order valence-electron chi connectivity index (χ0n) is 11.7. The minimum atomic E-state index is 0. The van der Waals surface area contributed by atoms with E-state index in [1.165, 1.54) is 11.1 Å². The molecule has 0 radical (unpaired) electrons. The van der Waals surface area contributed by atoms with E-state index in [4.69, 9.17) is 4.74 Å². The fraction of sp³-hybridized carbons (Fsp3) is 0.533. The monoisotopic (exact) mass is 374 g/mol. The van der Waals surface area contributed by atoms with Crippen LogP contribution in [0, 0.1) is 0 Å². The molecular formula is C15H20BrClN2O2. The minimum absolute atomic E-state index is 0. The number of rotatable bonds is 3. The van der Waals surface area contributed by atoms with Crippen molar-refractivity contribution in [3.05, 3.63) is 33.8 Å². The van der Waals surface area contributed by atoms with Gasteiger partial charge in [0.15, 0.2) is 0 Å². The lowest BCUT2D eigenvalue weighted by Gasteiger charge is -2.24. The Morgan fingerprint density at radius 2 is 2.33 bits per heavy atom. The van der Waals surface area contributed by atoms with Crippen LogP contribution in [0.1, 0.15) is 30.0 Å². The first-order valence-corrected chi connectivity index (χ1v) is 7.91. The Hall–Kier alpha value is -0.620. The van der Waals surface area contributed by atoms with Gasteiger partial charge in [-0.3, -0.25) is 4.79 Å². The van der Waals surface area contributed by atoms with Gasteiger partial charge in [0.25, 0.3) is 0 Å². The van der Waals surface area contributed by atoms with Gasteiger partial charge in [0.1, 0.15) is 0 Å². The molecule has 1 amide bonds. The molecular weight excluding hydrogens is 356 g/mol. The van der Waals surface area contributed by atoms with Gasteiger partial charge in [0.2, 0.25) is 5.91 Å². The predicted molar refractivity (Wildman–Crippen MR) is 87.8 cm³/mol. The van der Waals surface area contributed by atoms with Crippen LogP contribution in [-0.2, 0) is 16.0 Å². The predicted octanol–water partition coefficient (Wildman–Crippen LogP) is 2.35. The highest BCUT2D eigenvalue weighted by Gasteiger charge is 2.26. The van der Waals surface area contributed by atoms with Crippen LogP contribution in [0.15, 0.2) is 22.7 Å². The van der Waals surface area contributed by atoms with E-state index in [2.05, 4.69) is 38.7 Å². The van der Waals surface area contributed by atoms with Crippen LogP contribution < -0.4 is 10.6 Å². The number of carbonyl (C=O) groups excluding carboxylic acids is 1. The third kappa shape index (κ3) is 3.97. The smallest absolute Gasteiger partial charge is 0.222 e. The Labute approximate surface area is 139 Å². The van der Waals surface area contributed by atoms with Gasteiger partial charge in [0.05, 0.1) is 19.3 Å². The molecule has 116 valence electrons. The van der Waals surface area contributed by atoms with E-state index in [0.29, 0.717) is 13.0 Å². The number of benzene rings is 1. The van der Waals surface area contributed by atoms with Gasteiger partial charge in [-0.25, -0.2) is 0 Å². The Kier molecular flexibility index (Phi) is 6.05. The third-order valence-electron chi connectivity index (χ3n) is 3.98. The fourth-order valence-corrected chi connectivity index (χ4v) is 3.57. The first kappa shape index (κ1) is 16.7. The normalized spacial score (nSPS) is 24.0. The lowest BCUT2D eigenvalue weighted by molar-refractivity contribution is -0.123. The first-order valence-electron chi connectivity index (χ1n) is 7.12. The van der Waals surface area contributed by atoms with Gasteiger partial charge in [-0.1, -0.05) is 28.1 Å². The zero-order valence-corrected chi connectivity index (χ0v) is 14.1. The molecule has 1 aliphatic heterocycles. The fourth-order valence-electron chi connectivity index (χ4n) is 2.99. The molecule has 21 heavy (non-hydrogen) atoms. The summed E-state index contributed by atoms with van der Waals surface area (Å²) < 4.78 is 6.52. The van der Waals surface area contributed by atoms with Crippen molar-refractivity contribution >= 4 is 34.2 Å². The highest BCUT2D eigenvalue weighted by atomic mass is 79.9. The van der Waals surface area contributed by atoms with Gasteiger partial charge in [-0.15, -0.1) is 12.4 Å². The largest absolute Gasteiger partial charge is 0.378 e. The van der Waals surface area contributed by atoms with Gasteiger partial charge >= 0.3 is 0 Å². The molecule has 0 bridgehead atoms. The van der Waals surface area contributed by atoms with Crippen LogP contribution in [0.5, 0.6) is 0 Å². The van der Waals surface area contributed by atoms with Gasteiger partial charge in [-0.2, -0.15) is 0 Å². The van der Waals surface area contributed by atoms with Crippen molar-refractivity contribution in [2.24, 2.45) is 0 Å². The summed E-state index contributed by atoms with van der Waals surface area (Å²) in [5.74, 6) is 0.103. The van der Waals surface area contributed by atoms with Crippen molar-refractivity contribution in [2.45, 2.75) is 31.3 Å². The van der Waals surface area contributed by atoms with Crippen molar-refractivity contribution in [1.82, 2.24) is 10.6 Å². The molecule has 1 heterocycles. The molecule has 0 spiro atoms. The van der Waals surface area contributed by atoms with E-state index >= 15 is 0 Å². The number of hydrogen-bond acceptors (Lipinski definition) is 3. The van der Waals surface area contributed by atoms with Crippen molar-refractivity contribution in [1.29, 1.82) is 0 Å². The standard InChI is InChI=1S/C15H19BrN2O2.ClH/c16-13-3-1-2-12-11(13)4-5-14(12)18-15(19)8-10-9-20-7-6-17-10;/h1-3,10,14,17H,4-9H2,(H,18,19);1H. The molecule has 2 atom stereocenters. The van der Waals surface area contributed by atoms with Crippen LogP contribution in [-0.4, -0.2) is 31.7 Å². The molecule has 1 fully saturated rings. The molecule has 2 N–H and O–H groups in total. The molecule has 4 nitrogen and oxygen atoms in total. The molecule has 1 saturated heterocycles. The molecule has 1 aliphatic carbocycles. The molecule has 2 unspecified atom stereocenters. The number of carbonyl (C=O) groups is 1. The SMILES string of the molecule is Cl.O=C(CC1COCCN1)NC1CCc2c(Br)cccc21. The summed E-state index contributed by atoms with van der Waals surface area (Å²) in [5.41, 5.74) is 2.58. The van der Waals surface area contributed by atoms with Crippen LogP contribution >= 0.6 is 28.3 Å². The third-order valence-corrected chi connectivity index (χ3v) is 4.72. The number of nitrogens with one attached hydrogen (secondary N) is 2. The number of morpholine rings is 1. The average Bonchev–Trinajstić information content (AvgIpc) is 2.84. The molecule has 2 aliphatic rings. The number of halogens is 2. The topological polar surface area (TPSA) is 50.4 Å². The molecule has 1 aromatic carbocycles. The Morgan fingerprint density at radius 3 is 3.10 bits per heavy atom. The summed E-state index contributed by atoms with van der Waals surface area (Å²) in [4.78, 5) is 12.1. The molecule has 3 rings (SSSR count). The number of amides is 1. The van der Waals surface area contributed by atoms with E-state index in [-0.39, 0.29) is 30.4 Å². The average molecular weight is 376 g/mol. The second-order valence-corrected chi connectivity index (χ2v) is 6.25. The molecule has 0 saturated carbocycles. The number of ether oxygens (including phenoxy) is 1. The summed E-state index contributed by atoms with van der Waals surface area (Å²) in [7, 11) is 0.